The second kappa shape index (κ2) is 9.04. The van der Waals surface area contributed by atoms with Gasteiger partial charge in [-0.15, -0.1) is 0 Å². The molecule has 0 nitrogen and oxygen atoms in total. The van der Waals surface area contributed by atoms with Crippen LogP contribution in [0.25, 0.3) is 11.1 Å². The van der Waals surface area contributed by atoms with E-state index in [9.17, 15) is 0 Å². The van der Waals surface area contributed by atoms with E-state index in [1.807, 2.05) is 0 Å². The van der Waals surface area contributed by atoms with Crippen molar-refractivity contribution in [1.29, 1.82) is 0 Å². The minimum absolute atomic E-state index is 0.502. The number of aryl methyl sites for hydroxylation is 2. The van der Waals surface area contributed by atoms with Gasteiger partial charge < -0.3 is 0 Å². The standard InChI is InChI=1S/C15H13.C13H10.C5H5.Hf/c1-10-3-5-14-12(7-10)9-13-8-11(2)4-6-15(13)14;1-3-7-12(8-4-1)11-13-9-5-2-6-10-13;1-2-4-5-3-1;/h3-9H,1-2H3;1-10H;1-5H;. The molecule has 0 aliphatic heterocycles. The number of allylic oxidation sites excluding steroid dienone is 4. The number of hydrogen-bond donors (Lipinski definition) is 0. The van der Waals surface area contributed by atoms with Crippen LogP contribution in [0.4, 0.5) is 0 Å². The van der Waals surface area contributed by atoms with Crippen molar-refractivity contribution in [2.45, 2.75) is 21.2 Å². The van der Waals surface area contributed by atoms with Gasteiger partial charge in [-0.25, -0.2) is 0 Å². The first-order valence-corrected chi connectivity index (χ1v) is 18.1. The monoisotopic (exact) mass is 604 g/mol. The van der Waals surface area contributed by atoms with Crippen molar-refractivity contribution in [3.8, 4) is 11.1 Å². The van der Waals surface area contributed by atoms with Crippen LogP contribution < -0.4 is 0 Å². The maximum atomic E-state index is 2.48. The van der Waals surface area contributed by atoms with Crippen molar-refractivity contribution < 1.29 is 21.0 Å². The molecule has 0 fully saturated rings. The molecule has 2 aliphatic carbocycles. The Hall–Kier alpha value is -2.90. The Morgan fingerprint density at radius 2 is 1.06 bits per heavy atom. The number of rotatable bonds is 4. The average molecular weight is 603 g/mol. The summed E-state index contributed by atoms with van der Waals surface area (Å²) < 4.78 is 2.69. The van der Waals surface area contributed by atoms with Gasteiger partial charge in [-0.2, -0.15) is 0 Å². The summed E-state index contributed by atoms with van der Waals surface area (Å²) in [7, 11) is 0. The van der Waals surface area contributed by atoms with E-state index < -0.39 is 21.0 Å². The van der Waals surface area contributed by atoms with Gasteiger partial charge in [0.15, 0.2) is 0 Å². The second-order valence-corrected chi connectivity index (χ2v) is 19.0. The fraction of sp³-hybridized carbons (Fsp3) is 0.121. The Kier molecular flexibility index (Phi) is 5.75. The van der Waals surface area contributed by atoms with E-state index in [4.69, 9.17) is 0 Å². The summed E-state index contributed by atoms with van der Waals surface area (Å²) in [5, 5.41) is 0. The van der Waals surface area contributed by atoms with Crippen molar-refractivity contribution in [1.82, 2.24) is 0 Å². The van der Waals surface area contributed by atoms with Gasteiger partial charge >= 0.3 is 211 Å². The average Bonchev–Trinajstić information content (AvgIpc) is 3.50. The third-order valence-corrected chi connectivity index (χ3v) is 19.7. The molecule has 0 radical (unpaired) electrons. The van der Waals surface area contributed by atoms with Crippen molar-refractivity contribution >= 4 is 3.26 Å². The van der Waals surface area contributed by atoms with E-state index >= 15 is 0 Å². The summed E-state index contributed by atoms with van der Waals surface area (Å²) in [6.07, 6.45) is 9.51. The van der Waals surface area contributed by atoms with E-state index in [1.54, 1.807) is 14.4 Å². The van der Waals surface area contributed by atoms with Gasteiger partial charge in [0.25, 0.3) is 0 Å². The molecule has 0 saturated heterocycles. The molecule has 0 aromatic heterocycles. The van der Waals surface area contributed by atoms with E-state index in [1.165, 1.54) is 33.4 Å². The Balaban J connectivity index is 1.73. The summed E-state index contributed by atoms with van der Waals surface area (Å²) in [6, 6.07) is 36.7. The molecule has 0 spiro atoms. The number of hydrogen-bond acceptors (Lipinski definition) is 0. The predicted octanol–water partition coefficient (Wildman–Crippen LogP) is 8.17. The molecule has 0 atom stereocenters. The van der Waals surface area contributed by atoms with Crippen LogP contribution in [0, 0.1) is 13.8 Å². The molecule has 164 valence electrons. The Morgan fingerprint density at radius 3 is 1.53 bits per heavy atom. The van der Waals surface area contributed by atoms with Crippen LogP contribution >= 0.6 is 0 Å². The van der Waals surface area contributed by atoms with Crippen molar-refractivity contribution in [2.24, 2.45) is 0 Å². The van der Waals surface area contributed by atoms with Crippen molar-refractivity contribution in [2.75, 3.05) is 0 Å². The van der Waals surface area contributed by atoms with E-state index in [0.717, 1.165) is 0 Å². The van der Waals surface area contributed by atoms with Crippen LogP contribution in [-0.2, 0) is 21.0 Å². The first-order chi connectivity index (χ1) is 16.7. The van der Waals surface area contributed by atoms with Gasteiger partial charge in [-0.3, -0.25) is 0 Å². The van der Waals surface area contributed by atoms with Gasteiger partial charge in [0.2, 0.25) is 0 Å². The van der Waals surface area contributed by atoms with Crippen molar-refractivity contribution in [3.05, 3.63) is 155 Å². The zero-order chi connectivity index (χ0) is 23.1. The molecule has 0 amide bonds. The molecule has 6 rings (SSSR count). The molecule has 0 heterocycles. The molecule has 2 aliphatic rings. The Bertz CT molecular complexity index is 1350. The first-order valence-electron chi connectivity index (χ1n) is 12.1. The van der Waals surface area contributed by atoms with Gasteiger partial charge in [0, 0.05) is 0 Å². The van der Waals surface area contributed by atoms with E-state index in [-0.39, 0.29) is 0 Å². The number of fused-ring (bicyclic) bond motifs is 3. The summed E-state index contributed by atoms with van der Waals surface area (Å²) in [5.74, 6) is 0. The molecular weight excluding hydrogens is 575 g/mol. The molecule has 1 heteroatoms. The second-order valence-electron chi connectivity index (χ2n) is 9.47. The van der Waals surface area contributed by atoms with Crippen LogP contribution in [0.2, 0.25) is 3.67 Å². The van der Waals surface area contributed by atoms with Gasteiger partial charge in [0.1, 0.15) is 0 Å². The predicted molar refractivity (Wildman–Crippen MR) is 141 cm³/mol. The van der Waals surface area contributed by atoms with Crippen LogP contribution in [0.15, 0.2) is 121 Å². The summed E-state index contributed by atoms with van der Waals surface area (Å²) >= 11 is -2.72. The topological polar surface area (TPSA) is 0 Å². The van der Waals surface area contributed by atoms with E-state index in [2.05, 4.69) is 135 Å². The van der Waals surface area contributed by atoms with Crippen LogP contribution in [-0.4, -0.2) is 3.26 Å². The molecule has 4 aromatic rings. The van der Waals surface area contributed by atoms with Crippen LogP contribution in [0.5, 0.6) is 0 Å². The minimum atomic E-state index is -2.72. The van der Waals surface area contributed by atoms with Crippen LogP contribution in [0.3, 0.4) is 0 Å². The zero-order valence-electron chi connectivity index (χ0n) is 19.7. The third-order valence-electron chi connectivity index (χ3n) is 7.16. The molecule has 0 N–H and O–H groups in total. The SMILES string of the molecule is Cc1ccc2c(c1)[CH]([Hf](=[C](c1ccccc1)c1ccccc1)[CH]1C=CC=C1)c1cc(C)ccc1-2. The molecule has 0 unspecified atom stereocenters. The molecule has 0 saturated carbocycles. The number of benzene rings is 4. The Labute approximate surface area is 210 Å². The maximum absolute atomic E-state index is 2.72. The molecule has 0 bridgehead atoms. The quantitative estimate of drug-likeness (QED) is 0.207. The van der Waals surface area contributed by atoms with Crippen molar-refractivity contribution in [3.63, 3.8) is 0 Å². The normalized spacial score (nSPS) is 14.3. The summed E-state index contributed by atoms with van der Waals surface area (Å²) in [4.78, 5) is 0. The van der Waals surface area contributed by atoms with Gasteiger partial charge in [-0.05, 0) is 0 Å². The zero-order valence-corrected chi connectivity index (χ0v) is 23.3. The third kappa shape index (κ3) is 3.77. The Morgan fingerprint density at radius 1 is 0.588 bits per heavy atom. The molecular formula is C33H28Hf. The molecule has 4 aromatic carbocycles. The summed E-state index contributed by atoms with van der Waals surface area (Å²) in [5.41, 5.74) is 11.5. The van der Waals surface area contributed by atoms with Gasteiger partial charge in [0.05, 0.1) is 0 Å². The fourth-order valence-corrected chi connectivity index (χ4v) is 19.3. The van der Waals surface area contributed by atoms with E-state index in [0.29, 0.717) is 7.35 Å². The van der Waals surface area contributed by atoms with Crippen LogP contribution in [0.1, 0.15) is 37.1 Å². The fourth-order valence-electron chi connectivity index (χ4n) is 5.69. The summed E-state index contributed by atoms with van der Waals surface area (Å²) in [6.45, 7) is 4.48. The first kappa shape index (κ1) is 21.6. The molecule has 34 heavy (non-hydrogen) atoms. The van der Waals surface area contributed by atoms with Gasteiger partial charge in [-0.1, -0.05) is 0 Å².